The molecule has 0 N–H and O–H groups in total. The predicted molar refractivity (Wildman–Crippen MR) is 129 cm³/mol. The molecule has 170 valence electrons. The molecule has 1 fully saturated rings. The van der Waals surface area contributed by atoms with Gasteiger partial charge in [-0.1, -0.05) is 17.7 Å². The van der Waals surface area contributed by atoms with Gasteiger partial charge >= 0.3 is 0 Å². The molecule has 0 saturated carbocycles. The van der Waals surface area contributed by atoms with Crippen molar-refractivity contribution in [2.45, 2.75) is 0 Å². The topological polar surface area (TPSA) is 59.1 Å². The third kappa shape index (κ3) is 5.65. The van der Waals surface area contributed by atoms with Gasteiger partial charge in [0.1, 0.15) is 11.5 Å². The zero-order chi connectivity index (χ0) is 23.2. The molecule has 0 aromatic heterocycles. The number of methoxy groups -OCH3 is 1. The SMILES string of the molecule is COc1cccc(N2CCN(C(=O)COc3ccc(C(=O)c4ccc(Cl)cc4)cc3)CC2)c1. The first kappa shape index (κ1) is 22.7. The summed E-state index contributed by atoms with van der Waals surface area (Å²) in [7, 11) is 1.65. The van der Waals surface area contributed by atoms with Crippen molar-refractivity contribution in [3.8, 4) is 11.5 Å². The lowest BCUT2D eigenvalue weighted by atomic mass is 10.0. The quantitative estimate of drug-likeness (QED) is 0.488. The third-order valence-corrected chi connectivity index (χ3v) is 5.89. The summed E-state index contributed by atoms with van der Waals surface area (Å²) in [6, 6.07) is 21.5. The van der Waals surface area contributed by atoms with Gasteiger partial charge < -0.3 is 19.3 Å². The van der Waals surface area contributed by atoms with E-state index >= 15 is 0 Å². The fourth-order valence-electron chi connectivity index (χ4n) is 3.73. The van der Waals surface area contributed by atoms with Gasteiger partial charge in [0.15, 0.2) is 12.4 Å². The first-order valence-corrected chi connectivity index (χ1v) is 11.1. The van der Waals surface area contributed by atoms with E-state index in [1.165, 1.54) is 0 Å². The van der Waals surface area contributed by atoms with E-state index in [0.29, 0.717) is 35.0 Å². The average molecular weight is 465 g/mol. The van der Waals surface area contributed by atoms with Crippen molar-refractivity contribution >= 4 is 29.0 Å². The second-order valence-electron chi connectivity index (χ2n) is 7.72. The third-order valence-electron chi connectivity index (χ3n) is 5.64. The van der Waals surface area contributed by atoms with Gasteiger partial charge in [-0.05, 0) is 60.7 Å². The number of anilines is 1. The summed E-state index contributed by atoms with van der Waals surface area (Å²) < 4.78 is 11.0. The van der Waals surface area contributed by atoms with Gasteiger partial charge in [-0.25, -0.2) is 0 Å². The van der Waals surface area contributed by atoms with Gasteiger partial charge in [-0.15, -0.1) is 0 Å². The van der Waals surface area contributed by atoms with Crippen LogP contribution < -0.4 is 14.4 Å². The van der Waals surface area contributed by atoms with Crippen LogP contribution in [0.3, 0.4) is 0 Å². The van der Waals surface area contributed by atoms with Crippen LogP contribution in [0.15, 0.2) is 72.8 Å². The second kappa shape index (κ2) is 10.4. The van der Waals surface area contributed by atoms with E-state index < -0.39 is 0 Å². The monoisotopic (exact) mass is 464 g/mol. The van der Waals surface area contributed by atoms with Crippen molar-refractivity contribution in [2.24, 2.45) is 0 Å². The fourth-order valence-corrected chi connectivity index (χ4v) is 3.85. The Kier molecular flexibility index (Phi) is 7.15. The van der Waals surface area contributed by atoms with Crippen LogP contribution in [0.5, 0.6) is 11.5 Å². The number of amides is 1. The standard InChI is InChI=1S/C26H25ClN2O4/c1-32-24-4-2-3-22(17-24)28-13-15-29(16-14-28)25(30)18-33-23-11-7-20(8-12-23)26(31)19-5-9-21(27)10-6-19/h2-12,17H,13-16,18H2,1H3. The molecule has 0 bridgehead atoms. The number of piperazine rings is 1. The molecular formula is C26H25ClN2O4. The van der Waals surface area contributed by atoms with Gasteiger partial charge in [0.2, 0.25) is 0 Å². The highest BCUT2D eigenvalue weighted by Gasteiger charge is 2.22. The second-order valence-corrected chi connectivity index (χ2v) is 8.15. The van der Waals surface area contributed by atoms with Crippen molar-refractivity contribution in [3.63, 3.8) is 0 Å². The Morgan fingerprint density at radius 1 is 0.848 bits per heavy atom. The van der Waals surface area contributed by atoms with E-state index in [-0.39, 0.29) is 18.3 Å². The molecule has 4 rings (SSSR count). The van der Waals surface area contributed by atoms with Crippen LogP contribution in [-0.4, -0.2) is 56.5 Å². The Balaban J connectivity index is 1.27. The highest BCUT2D eigenvalue weighted by molar-refractivity contribution is 6.30. The minimum absolute atomic E-state index is 0.0381. The van der Waals surface area contributed by atoms with Crippen LogP contribution in [0.25, 0.3) is 0 Å². The van der Waals surface area contributed by atoms with E-state index in [4.69, 9.17) is 21.1 Å². The molecular weight excluding hydrogens is 440 g/mol. The van der Waals surface area contributed by atoms with E-state index in [2.05, 4.69) is 4.90 Å². The maximum atomic E-state index is 12.6. The molecule has 3 aromatic carbocycles. The molecule has 33 heavy (non-hydrogen) atoms. The summed E-state index contributed by atoms with van der Waals surface area (Å²) in [6.07, 6.45) is 0. The lowest BCUT2D eigenvalue weighted by Crippen LogP contribution is -2.50. The van der Waals surface area contributed by atoms with Crippen molar-refractivity contribution in [1.82, 2.24) is 4.90 Å². The number of carbonyl (C=O) groups is 2. The van der Waals surface area contributed by atoms with Crippen molar-refractivity contribution in [3.05, 3.63) is 88.9 Å². The first-order chi connectivity index (χ1) is 16.0. The summed E-state index contributed by atoms with van der Waals surface area (Å²) in [5.41, 5.74) is 2.20. The molecule has 0 radical (unpaired) electrons. The van der Waals surface area contributed by atoms with Gasteiger partial charge in [0, 0.05) is 54.1 Å². The number of carbonyl (C=O) groups excluding carboxylic acids is 2. The van der Waals surface area contributed by atoms with Gasteiger partial charge in [0.05, 0.1) is 7.11 Å². The number of nitrogens with zero attached hydrogens (tertiary/aromatic N) is 2. The lowest BCUT2D eigenvalue weighted by molar-refractivity contribution is -0.133. The molecule has 6 nitrogen and oxygen atoms in total. The van der Waals surface area contributed by atoms with Crippen LogP contribution in [-0.2, 0) is 4.79 Å². The molecule has 1 aliphatic rings. The van der Waals surface area contributed by atoms with E-state index in [1.54, 1.807) is 55.6 Å². The summed E-state index contributed by atoms with van der Waals surface area (Å²) in [4.78, 5) is 29.2. The molecule has 1 saturated heterocycles. The summed E-state index contributed by atoms with van der Waals surface area (Å²) in [5.74, 6) is 1.22. The van der Waals surface area contributed by atoms with Crippen LogP contribution >= 0.6 is 11.6 Å². The highest BCUT2D eigenvalue weighted by atomic mass is 35.5. The number of hydrogen-bond donors (Lipinski definition) is 0. The van der Waals surface area contributed by atoms with Gasteiger partial charge in [-0.3, -0.25) is 9.59 Å². The normalized spacial score (nSPS) is 13.5. The Hall–Kier alpha value is -3.51. The molecule has 7 heteroatoms. The van der Waals surface area contributed by atoms with Gasteiger partial charge in [-0.2, -0.15) is 0 Å². The van der Waals surface area contributed by atoms with E-state index in [9.17, 15) is 9.59 Å². The van der Waals surface area contributed by atoms with Crippen molar-refractivity contribution < 1.29 is 19.1 Å². The average Bonchev–Trinajstić information content (AvgIpc) is 2.88. The van der Waals surface area contributed by atoms with Crippen molar-refractivity contribution in [1.29, 1.82) is 0 Å². The minimum atomic E-state index is -0.0943. The Morgan fingerprint density at radius 3 is 2.12 bits per heavy atom. The number of halogens is 1. The fraction of sp³-hybridized carbons (Fsp3) is 0.231. The number of rotatable bonds is 7. The molecule has 3 aromatic rings. The molecule has 1 aliphatic heterocycles. The largest absolute Gasteiger partial charge is 0.497 e. The van der Waals surface area contributed by atoms with Gasteiger partial charge in [0.25, 0.3) is 5.91 Å². The highest BCUT2D eigenvalue weighted by Crippen LogP contribution is 2.22. The molecule has 1 heterocycles. The summed E-state index contributed by atoms with van der Waals surface area (Å²) in [5, 5.41) is 0.585. The molecule has 0 aliphatic carbocycles. The van der Waals surface area contributed by atoms with Crippen LogP contribution in [0.4, 0.5) is 5.69 Å². The molecule has 0 atom stereocenters. The Morgan fingerprint density at radius 2 is 1.48 bits per heavy atom. The van der Waals surface area contributed by atoms with Crippen molar-refractivity contribution in [2.75, 3.05) is 44.8 Å². The predicted octanol–water partition coefficient (Wildman–Crippen LogP) is 4.31. The maximum Gasteiger partial charge on any atom is 0.260 e. The minimum Gasteiger partial charge on any atom is -0.497 e. The smallest absolute Gasteiger partial charge is 0.260 e. The zero-order valence-electron chi connectivity index (χ0n) is 18.4. The van der Waals surface area contributed by atoms with E-state index in [1.807, 2.05) is 29.2 Å². The number of hydrogen-bond acceptors (Lipinski definition) is 5. The summed E-state index contributed by atoms with van der Waals surface area (Å²) in [6.45, 7) is 2.73. The van der Waals surface area contributed by atoms with Crippen LogP contribution in [0.2, 0.25) is 5.02 Å². The molecule has 0 spiro atoms. The number of ketones is 1. The molecule has 0 unspecified atom stereocenters. The number of ether oxygens (including phenoxy) is 2. The zero-order valence-corrected chi connectivity index (χ0v) is 19.1. The maximum absolute atomic E-state index is 12.6. The van der Waals surface area contributed by atoms with E-state index in [0.717, 1.165) is 24.5 Å². The molecule has 1 amide bonds. The van der Waals surface area contributed by atoms with Crippen LogP contribution in [0, 0.1) is 0 Å². The lowest BCUT2D eigenvalue weighted by Gasteiger charge is -2.36. The Bertz CT molecular complexity index is 1110. The van der Waals surface area contributed by atoms with Crippen LogP contribution in [0.1, 0.15) is 15.9 Å². The first-order valence-electron chi connectivity index (χ1n) is 10.7. The number of benzene rings is 3. The Labute approximate surface area is 198 Å². The summed E-state index contributed by atoms with van der Waals surface area (Å²) >= 11 is 5.88.